The first kappa shape index (κ1) is 22.1. The van der Waals surface area contributed by atoms with Gasteiger partial charge in [-0.05, 0) is 67.6 Å². The van der Waals surface area contributed by atoms with Crippen molar-refractivity contribution >= 4 is 60.6 Å². The summed E-state index contributed by atoms with van der Waals surface area (Å²) in [6.07, 6.45) is 0. The predicted molar refractivity (Wildman–Crippen MR) is 149 cm³/mol. The van der Waals surface area contributed by atoms with Crippen LogP contribution in [0.5, 0.6) is 5.75 Å². The molecule has 0 aliphatic rings. The minimum Gasteiger partial charge on any atom is -0.497 e. The van der Waals surface area contributed by atoms with Gasteiger partial charge in [0.1, 0.15) is 15.5 Å². The van der Waals surface area contributed by atoms with E-state index < -0.39 is 0 Å². The Morgan fingerprint density at radius 3 is 2.53 bits per heavy atom. The van der Waals surface area contributed by atoms with Gasteiger partial charge in [-0.25, -0.2) is 4.98 Å². The lowest BCUT2D eigenvalue weighted by Gasteiger charge is -2.06. The molecule has 3 heterocycles. The highest BCUT2D eigenvalue weighted by Gasteiger charge is 2.19. The second-order valence-electron chi connectivity index (χ2n) is 8.57. The Balaban J connectivity index is 1.33. The van der Waals surface area contributed by atoms with Crippen LogP contribution in [0.4, 0.5) is 11.4 Å². The summed E-state index contributed by atoms with van der Waals surface area (Å²) in [5.41, 5.74) is 11.7. The number of aryl methyl sites for hydroxylation is 1. The summed E-state index contributed by atoms with van der Waals surface area (Å²) in [4.78, 5) is 19.2. The van der Waals surface area contributed by atoms with Gasteiger partial charge in [-0.3, -0.25) is 4.79 Å². The van der Waals surface area contributed by atoms with Crippen molar-refractivity contribution in [3.63, 3.8) is 0 Å². The largest absolute Gasteiger partial charge is 0.497 e. The summed E-state index contributed by atoms with van der Waals surface area (Å²) in [5, 5.41) is 6.11. The highest BCUT2D eigenvalue weighted by molar-refractivity contribution is 7.21. The lowest BCUT2D eigenvalue weighted by atomic mass is 10.1. The molecule has 0 aliphatic heterocycles. The topological polar surface area (TPSA) is 82.2 Å². The third-order valence-corrected chi connectivity index (χ3v) is 7.65. The number of anilines is 2. The number of benzene rings is 3. The van der Waals surface area contributed by atoms with Crippen molar-refractivity contribution in [1.82, 2.24) is 9.55 Å². The van der Waals surface area contributed by atoms with E-state index in [1.165, 1.54) is 22.2 Å². The number of amides is 1. The van der Waals surface area contributed by atoms with Gasteiger partial charge in [-0.2, -0.15) is 0 Å². The minimum absolute atomic E-state index is 0.236. The van der Waals surface area contributed by atoms with Gasteiger partial charge < -0.3 is 20.4 Å². The van der Waals surface area contributed by atoms with Gasteiger partial charge in [0, 0.05) is 45.0 Å². The smallest absolute Gasteiger partial charge is 0.267 e. The van der Waals surface area contributed by atoms with E-state index in [2.05, 4.69) is 35.0 Å². The highest BCUT2D eigenvalue weighted by atomic mass is 32.1. The number of nitrogens with one attached hydrogen (secondary N) is 1. The Morgan fingerprint density at radius 2 is 1.75 bits per heavy atom. The Morgan fingerprint density at radius 1 is 0.972 bits per heavy atom. The molecular weight excluding hydrogens is 468 g/mol. The van der Waals surface area contributed by atoms with Crippen molar-refractivity contribution in [3.8, 4) is 17.0 Å². The van der Waals surface area contributed by atoms with E-state index >= 15 is 0 Å². The molecule has 36 heavy (non-hydrogen) atoms. The Kier molecular flexibility index (Phi) is 5.34. The molecule has 3 N–H and O–H groups in total. The molecule has 0 atom stereocenters. The van der Waals surface area contributed by atoms with Crippen LogP contribution in [-0.4, -0.2) is 22.6 Å². The van der Waals surface area contributed by atoms with Crippen LogP contribution in [0.2, 0.25) is 0 Å². The third-order valence-electron chi connectivity index (χ3n) is 6.53. The molecule has 0 aliphatic carbocycles. The maximum absolute atomic E-state index is 13.3. The van der Waals surface area contributed by atoms with E-state index in [0.29, 0.717) is 10.6 Å². The minimum atomic E-state index is -0.236. The van der Waals surface area contributed by atoms with Crippen molar-refractivity contribution < 1.29 is 9.53 Å². The maximum Gasteiger partial charge on any atom is 0.267 e. The SMILES string of the molecule is CCn1c2ccccc2c2cc(NC(=O)c3sc4nc(-c5ccc(OC)cc5)ccc4c3N)ccc21. The zero-order valence-electron chi connectivity index (χ0n) is 19.9. The summed E-state index contributed by atoms with van der Waals surface area (Å²) in [5.74, 6) is 0.552. The summed E-state index contributed by atoms with van der Waals surface area (Å²) in [6.45, 7) is 3.01. The van der Waals surface area contributed by atoms with Crippen molar-refractivity contribution in [2.75, 3.05) is 18.2 Å². The molecule has 0 spiro atoms. The first-order valence-corrected chi connectivity index (χ1v) is 12.5. The van der Waals surface area contributed by atoms with Crippen LogP contribution >= 0.6 is 11.3 Å². The molecule has 0 fully saturated rings. The molecule has 0 saturated heterocycles. The summed E-state index contributed by atoms with van der Waals surface area (Å²) in [7, 11) is 1.64. The standard InChI is InChI=1S/C29H24N4O2S/c1-3-33-24-7-5-4-6-20(24)22-16-18(10-15-25(22)33)31-28(34)27-26(30)21-13-14-23(32-29(21)36-27)17-8-11-19(35-2)12-9-17/h4-16H,3,30H2,1-2H3,(H,31,34). The first-order chi connectivity index (χ1) is 17.6. The Hall–Kier alpha value is -4.36. The fourth-order valence-corrected chi connectivity index (χ4v) is 5.74. The van der Waals surface area contributed by atoms with Crippen molar-refractivity contribution in [1.29, 1.82) is 0 Å². The predicted octanol–water partition coefficient (Wildman–Crippen LogP) is 6.93. The summed E-state index contributed by atoms with van der Waals surface area (Å²) < 4.78 is 7.52. The van der Waals surface area contributed by atoms with Crippen LogP contribution in [0.15, 0.2) is 78.9 Å². The normalized spacial score (nSPS) is 11.4. The summed E-state index contributed by atoms with van der Waals surface area (Å²) in [6, 6.07) is 25.9. The number of carbonyl (C=O) groups excluding carboxylic acids is 1. The van der Waals surface area contributed by atoms with Crippen molar-refractivity contribution in [3.05, 3.63) is 83.7 Å². The molecule has 1 amide bonds. The van der Waals surface area contributed by atoms with Gasteiger partial charge in [-0.15, -0.1) is 11.3 Å². The average molecular weight is 493 g/mol. The number of thiophene rings is 1. The number of carbonyl (C=O) groups is 1. The number of nitrogen functional groups attached to an aromatic ring is 1. The molecule has 0 unspecified atom stereocenters. The first-order valence-electron chi connectivity index (χ1n) is 11.7. The second kappa shape index (κ2) is 8.70. The molecular formula is C29H24N4O2S. The highest BCUT2D eigenvalue weighted by Crippen LogP contribution is 2.36. The van der Waals surface area contributed by atoms with Crippen molar-refractivity contribution in [2.45, 2.75) is 13.5 Å². The molecule has 0 radical (unpaired) electrons. The monoisotopic (exact) mass is 492 g/mol. The summed E-state index contributed by atoms with van der Waals surface area (Å²) >= 11 is 1.30. The average Bonchev–Trinajstić information content (AvgIpc) is 3.42. The molecule has 178 valence electrons. The molecule has 6 nitrogen and oxygen atoms in total. The number of hydrogen-bond acceptors (Lipinski definition) is 5. The zero-order valence-corrected chi connectivity index (χ0v) is 20.7. The maximum atomic E-state index is 13.3. The van der Waals surface area contributed by atoms with Gasteiger partial charge in [-0.1, -0.05) is 18.2 Å². The second-order valence-corrected chi connectivity index (χ2v) is 9.57. The van der Waals surface area contributed by atoms with Crippen LogP contribution in [0.3, 0.4) is 0 Å². The Bertz CT molecular complexity index is 1770. The van der Waals surface area contributed by atoms with Crippen LogP contribution in [0.25, 0.3) is 43.3 Å². The fraction of sp³-hybridized carbons (Fsp3) is 0.103. The molecule has 0 bridgehead atoms. The van der Waals surface area contributed by atoms with Crippen LogP contribution in [-0.2, 0) is 6.54 Å². The van der Waals surface area contributed by atoms with Crippen LogP contribution in [0.1, 0.15) is 16.6 Å². The van der Waals surface area contributed by atoms with E-state index in [-0.39, 0.29) is 5.91 Å². The van der Waals surface area contributed by atoms with E-state index in [0.717, 1.165) is 50.4 Å². The lowest BCUT2D eigenvalue weighted by molar-refractivity contribution is 0.103. The van der Waals surface area contributed by atoms with Gasteiger partial charge in [0.25, 0.3) is 5.91 Å². The van der Waals surface area contributed by atoms with Gasteiger partial charge in [0.2, 0.25) is 0 Å². The van der Waals surface area contributed by atoms with E-state index in [4.69, 9.17) is 15.5 Å². The fourth-order valence-electron chi connectivity index (χ4n) is 4.75. The molecule has 6 aromatic rings. The van der Waals surface area contributed by atoms with Crippen LogP contribution in [0, 0.1) is 0 Å². The number of para-hydroxylation sites is 1. The van der Waals surface area contributed by atoms with E-state index in [1.54, 1.807) is 7.11 Å². The third kappa shape index (κ3) is 3.56. The van der Waals surface area contributed by atoms with Gasteiger partial charge in [0.05, 0.1) is 18.5 Å². The van der Waals surface area contributed by atoms with Gasteiger partial charge in [0.15, 0.2) is 0 Å². The van der Waals surface area contributed by atoms with E-state index in [1.807, 2.05) is 60.7 Å². The number of fused-ring (bicyclic) bond motifs is 4. The molecule has 7 heteroatoms. The molecule has 6 rings (SSSR count). The number of nitrogens with two attached hydrogens (primary N) is 1. The zero-order chi connectivity index (χ0) is 24.8. The van der Waals surface area contributed by atoms with Crippen LogP contribution < -0.4 is 15.8 Å². The van der Waals surface area contributed by atoms with E-state index in [9.17, 15) is 4.79 Å². The molecule has 3 aromatic carbocycles. The number of pyridine rings is 1. The number of methoxy groups -OCH3 is 1. The molecule has 3 aromatic heterocycles. The number of hydrogen-bond donors (Lipinski definition) is 2. The number of ether oxygens (including phenoxy) is 1. The Labute approximate surface area is 211 Å². The lowest BCUT2D eigenvalue weighted by Crippen LogP contribution is -2.11. The molecule has 0 saturated carbocycles. The number of rotatable bonds is 5. The van der Waals surface area contributed by atoms with Gasteiger partial charge >= 0.3 is 0 Å². The quantitative estimate of drug-likeness (QED) is 0.273. The number of nitrogens with zero attached hydrogens (tertiary/aromatic N) is 2. The number of aromatic nitrogens is 2. The van der Waals surface area contributed by atoms with Crippen molar-refractivity contribution in [2.24, 2.45) is 0 Å².